The van der Waals surface area contributed by atoms with Gasteiger partial charge in [-0.1, -0.05) is 36.4 Å². The van der Waals surface area contributed by atoms with Crippen molar-refractivity contribution in [3.8, 4) is 0 Å². The van der Waals surface area contributed by atoms with Crippen LogP contribution in [0.3, 0.4) is 0 Å². The number of aromatic nitrogens is 1. The zero-order valence-electron chi connectivity index (χ0n) is 7.47. The van der Waals surface area contributed by atoms with E-state index in [1.807, 2.05) is 0 Å². The van der Waals surface area contributed by atoms with Crippen LogP contribution >= 0.6 is 0 Å². The number of rotatable bonds is 0. The number of H-pyrrole nitrogens is 1. The molecule has 2 heteroatoms. The first kappa shape index (κ1) is 10.0. The molecule has 0 spiro atoms. The Morgan fingerprint density at radius 1 is 0.643 bits per heavy atom. The van der Waals surface area contributed by atoms with Gasteiger partial charge in [-0.25, -0.2) is 0 Å². The maximum atomic E-state index is 3.38. The quantitative estimate of drug-likeness (QED) is 0.582. The molecule has 70 valence electrons. The Kier molecular flexibility index (Phi) is 2.82. The maximum absolute atomic E-state index is 3.38. The molecule has 3 rings (SSSR count). The topological polar surface area (TPSA) is 15.8 Å². The maximum Gasteiger partial charge on any atom is 0.0464 e. The Bertz CT molecular complexity index is 518. The Morgan fingerprint density at radius 2 is 1.07 bits per heavy atom. The Hall–Kier alpha value is -0.500. The molecule has 3 aromatic rings. The molecule has 0 aliphatic rings. The van der Waals surface area contributed by atoms with Gasteiger partial charge in [-0.05, 0) is 12.1 Å². The smallest absolute Gasteiger partial charge is 0.0464 e. The summed E-state index contributed by atoms with van der Waals surface area (Å²) >= 11 is 0. The van der Waals surface area contributed by atoms with Crippen molar-refractivity contribution in [2.24, 2.45) is 0 Å². The molecule has 1 aromatic heterocycles. The molecule has 0 atom stereocenters. The molecular weight excluding hydrogens is 198 g/mol. The Balaban J connectivity index is 0.000000750. The van der Waals surface area contributed by atoms with Crippen LogP contribution < -0.4 is 0 Å². The van der Waals surface area contributed by atoms with Crippen molar-refractivity contribution in [2.75, 3.05) is 0 Å². The van der Waals surface area contributed by atoms with Gasteiger partial charge < -0.3 is 4.98 Å². The van der Waals surface area contributed by atoms with Crippen molar-refractivity contribution in [2.45, 2.75) is 0 Å². The minimum Gasteiger partial charge on any atom is -0.355 e. The minimum atomic E-state index is 0. The van der Waals surface area contributed by atoms with Gasteiger partial charge >= 0.3 is 0 Å². The van der Waals surface area contributed by atoms with E-state index in [0.717, 1.165) is 0 Å². The number of aromatic amines is 1. The predicted octanol–water partition coefficient (Wildman–Crippen LogP) is 3.32. The molecule has 0 aliphatic carbocycles. The van der Waals surface area contributed by atoms with E-state index in [-0.39, 0.29) is 37.7 Å². The molecule has 14 heavy (non-hydrogen) atoms. The van der Waals surface area contributed by atoms with Crippen molar-refractivity contribution in [1.29, 1.82) is 0 Å². The van der Waals surface area contributed by atoms with Crippen LogP contribution in [0.15, 0.2) is 48.5 Å². The zero-order chi connectivity index (χ0) is 8.67. The third-order valence-electron chi connectivity index (χ3n) is 2.41. The SMILES string of the molecule is [Ar].c1ccc2c(c1)[nH]c1ccccc12. The molecule has 0 saturated heterocycles. The zero-order valence-corrected chi connectivity index (χ0v) is 8.18. The van der Waals surface area contributed by atoms with E-state index in [1.165, 1.54) is 21.8 Å². The first-order chi connectivity index (χ1) is 6.45. The molecule has 1 nitrogen and oxygen atoms in total. The van der Waals surface area contributed by atoms with Crippen LogP contribution in [-0.2, 0) is 0 Å². The van der Waals surface area contributed by atoms with E-state index in [1.54, 1.807) is 0 Å². The Labute approximate surface area is 112 Å². The van der Waals surface area contributed by atoms with Crippen LogP contribution in [0.1, 0.15) is 0 Å². The van der Waals surface area contributed by atoms with Crippen molar-refractivity contribution in [3.63, 3.8) is 0 Å². The summed E-state index contributed by atoms with van der Waals surface area (Å²) in [5.41, 5.74) is 2.42. The van der Waals surface area contributed by atoms with E-state index >= 15 is 0 Å². The molecule has 0 unspecified atom stereocenters. The number of hydrogen-bond acceptors (Lipinski definition) is 0. The second-order valence-corrected chi connectivity index (χ2v) is 3.22. The fourth-order valence-corrected chi connectivity index (χ4v) is 1.80. The summed E-state index contributed by atoms with van der Waals surface area (Å²) < 4.78 is 0. The number of para-hydroxylation sites is 2. The summed E-state index contributed by atoms with van der Waals surface area (Å²) in [5, 5.41) is 2.61. The molecule has 0 amide bonds. The third kappa shape index (κ3) is 1.46. The van der Waals surface area contributed by atoms with Gasteiger partial charge in [-0.2, -0.15) is 0 Å². The average Bonchev–Trinajstić information content (AvgIpc) is 2.56. The standard InChI is InChI=1S/C12H9N.Ar/c1-3-7-11-9(5-1)10-6-2-4-8-12(10)13-11;/h1-8,13H;. The largest absolute Gasteiger partial charge is 0.355 e. The average molecular weight is 207 g/mol. The van der Waals surface area contributed by atoms with Crippen LogP contribution in [-0.4, -0.2) is 4.98 Å². The molecule has 1 N–H and O–H groups in total. The fourth-order valence-electron chi connectivity index (χ4n) is 1.80. The number of nitrogens with one attached hydrogen (secondary N) is 1. The van der Waals surface area contributed by atoms with Crippen LogP contribution in [0.4, 0.5) is 0 Å². The van der Waals surface area contributed by atoms with Gasteiger partial charge in [0.2, 0.25) is 0 Å². The van der Waals surface area contributed by atoms with E-state index in [0.29, 0.717) is 0 Å². The first-order valence-electron chi connectivity index (χ1n) is 4.40. The first-order valence-corrected chi connectivity index (χ1v) is 4.40. The van der Waals surface area contributed by atoms with Crippen LogP contribution in [0.5, 0.6) is 0 Å². The fraction of sp³-hybridized carbons (Fsp3) is 0. The molecule has 0 fully saturated rings. The summed E-state index contributed by atoms with van der Waals surface area (Å²) in [5.74, 6) is 0. The normalized spacial score (nSPS) is 10.3. The van der Waals surface area contributed by atoms with Crippen molar-refractivity contribution in [3.05, 3.63) is 48.5 Å². The number of benzene rings is 2. The summed E-state index contributed by atoms with van der Waals surface area (Å²) in [4.78, 5) is 3.38. The number of fused-ring (bicyclic) bond motifs is 3. The Morgan fingerprint density at radius 3 is 1.57 bits per heavy atom. The van der Waals surface area contributed by atoms with Gasteiger partial charge in [0.25, 0.3) is 0 Å². The van der Waals surface area contributed by atoms with E-state index in [9.17, 15) is 0 Å². The minimum absolute atomic E-state index is 0. The summed E-state index contributed by atoms with van der Waals surface area (Å²) in [6.07, 6.45) is 0. The second kappa shape index (κ2) is 3.93. The van der Waals surface area contributed by atoms with E-state index in [4.69, 9.17) is 0 Å². The predicted molar refractivity (Wildman–Crippen MR) is 55.8 cm³/mol. The van der Waals surface area contributed by atoms with Crippen LogP contribution in [0.2, 0.25) is 0 Å². The summed E-state index contributed by atoms with van der Waals surface area (Å²) in [6, 6.07) is 16.8. The van der Waals surface area contributed by atoms with E-state index < -0.39 is 0 Å². The van der Waals surface area contributed by atoms with Crippen molar-refractivity contribution < 1.29 is 37.7 Å². The van der Waals surface area contributed by atoms with Gasteiger partial charge in [0.1, 0.15) is 0 Å². The van der Waals surface area contributed by atoms with Gasteiger partial charge in [0.05, 0.1) is 0 Å². The molecule has 0 radical (unpaired) electrons. The third-order valence-corrected chi connectivity index (χ3v) is 2.41. The molecule has 1 heterocycles. The summed E-state index contributed by atoms with van der Waals surface area (Å²) in [6.45, 7) is 0. The van der Waals surface area contributed by atoms with Crippen molar-refractivity contribution >= 4 is 21.8 Å². The second-order valence-electron chi connectivity index (χ2n) is 3.22. The van der Waals surface area contributed by atoms with Gasteiger partial charge in [0, 0.05) is 59.5 Å². The number of hydrogen-bond donors (Lipinski definition) is 1. The molecule has 0 aliphatic heterocycles. The van der Waals surface area contributed by atoms with Crippen molar-refractivity contribution in [1.82, 2.24) is 4.98 Å². The molecule has 0 bridgehead atoms. The van der Waals surface area contributed by atoms with E-state index in [2.05, 4.69) is 53.5 Å². The van der Waals surface area contributed by atoms with Gasteiger partial charge in [-0.3, -0.25) is 0 Å². The molecule has 0 saturated carbocycles. The monoisotopic (exact) mass is 207 g/mol. The molecular formula is C12H9ArN. The van der Waals surface area contributed by atoms with Gasteiger partial charge in [-0.15, -0.1) is 0 Å². The summed E-state index contributed by atoms with van der Waals surface area (Å²) in [7, 11) is 0. The van der Waals surface area contributed by atoms with Crippen LogP contribution in [0.25, 0.3) is 21.8 Å². The van der Waals surface area contributed by atoms with Gasteiger partial charge in [0.15, 0.2) is 0 Å². The van der Waals surface area contributed by atoms with Crippen LogP contribution in [0, 0.1) is 37.7 Å². The molecule has 2 aromatic carbocycles.